The predicted octanol–water partition coefficient (Wildman–Crippen LogP) is -1.37. The highest BCUT2D eigenvalue weighted by Gasteiger charge is 2.40. The molecule has 2 saturated heterocycles. The molecule has 0 aromatic carbocycles. The molecule has 2 fully saturated rings. The van der Waals surface area contributed by atoms with Gasteiger partial charge in [0.25, 0.3) is 0 Å². The molecule has 0 radical (unpaired) electrons. The topological polar surface area (TPSA) is 87.2 Å². The van der Waals surface area contributed by atoms with Gasteiger partial charge in [-0.15, -0.1) is 0 Å². The maximum atomic E-state index is 12.5. The molecule has 1 amide bonds. The second-order valence-corrected chi connectivity index (χ2v) is 6.91. The first-order valence-corrected chi connectivity index (χ1v) is 8.26. The van der Waals surface area contributed by atoms with Gasteiger partial charge >= 0.3 is 0 Å². The number of ether oxygens (including phenoxy) is 1. The molecule has 0 bridgehead atoms. The molecule has 110 valence electrons. The number of rotatable bonds is 3. The summed E-state index contributed by atoms with van der Waals surface area (Å²) in [6.45, 7) is 1.35. The molecule has 19 heavy (non-hydrogen) atoms. The average Bonchev–Trinajstić information content (AvgIpc) is 2.87. The third kappa shape index (κ3) is 3.07. The van der Waals surface area contributed by atoms with Crippen LogP contribution in [0.15, 0.2) is 0 Å². The van der Waals surface area contributed by atoms with Gasteiger partial charge in [-0.2, -0.15) is 4.31 Å². The lowest BCUT2D eigenvalue weighted by atomic mass is 10.1. The normalized spacial score (nSPS) is 29.7. The van der Waals surface area contributed by atoms with Crippen LogP contribution in [0.3, 0.4) is 0 Å². The largest absolute Gasteiger partial charge is 0.394 e. The van der Waals surface area contributed by atoms with Gasteiger partial charge in [0, 0.05) is 13.1 Å². The fraction of sp³-hybridized carbons (Fsp3) is 0.909. The van der Waals surface area contributed by atoms with Crippen LogP contribution in [-0.2, 0) is 19.6 Å². The van der Waals surface area contributed by atoms with Gasteiger partial charge in [-0.3, -0.25) is 4.79 Å². The van der Waals surface area contributed by atoms with Crippen LogP contribution in [0.5, 0.6) is 0 Å². The van der Waals surface area contributed by atoms with Crippen molar-refractivity contribution in [3.05, 3.63) is 0 Å². The number of aliphatic hydroxyl groups excluding tert-OH is 1. The quantitative estimate of drug-likeness (QED) is 0.693. The molecule has 1 N–H and O–H groups in total. The minimum Gasteiger partial charge on any atom is -0.394 e. The lowest BCUT2D eigenvalue weighted by molar-refractivity contribution is -0.145. The number of hydrogen-bond acceptors (Lipinski definition) is 5. The van der Waals surface area contributed by atoms with E-state index in [-0.39, 0.29) is 18.6 Å². The number of amides is 1. The van der Waals surface area contributed by atoms with Crippen molar-refractivity contribution in [2.24, 2.45) is 0 Å². The van der Waals surface area contributed by atoms with Crippen molar-refractivity contribution >= 4 is 15.9 Å². The Morgan fingerprint density at radius 1 is 1.42 bits per heavy atom. The molecule has 2 heterocycles. The van der Waals surface area contributed by atoms with Crippen LogP contribution in [0.1, 0.15) is 12.8 Å². The smallest absolute Gasteiger partial charge is 0.241 e. The molecule has 0 aromatic rings. The van der Waals surface area contributed by atoms with Crippen molar-refractivity contribution in [3.63, 3.8) is 0 Å². The highest BCUT2D eigenvalue weighted by molar-refractivity contribution is 7.88. The number of nitrogens with zero attached hydrogens (tertiary/aromatic N) is 2. The maximum absolute atomic E-state index is 12.5. The SMILES string of the molecule is CS(=O)(=O)N1CCCC1C(=O)N1CCOCC1CO. The summed E-state index contributed by atoms with van der Waals surface area (Å²) in [6, 6.07) is -0.995. The predicted molar refractivity (Wildman–Crippen MR) is 68.0 cm³/mol. The van der Waals surface area contributed by atoms with E-state index in [1.54, 1.807) is 4.90 Å². The summed E-state index contributed by atoms with van der Waals surface area (Å²) in [5, 5.41) is 9.27. The number of carbonyl (C=O) groups excluding carboxylic acids is 1. The van der Waals surface area contributed by atoms with Crippen molar-refractivity contribution in [1.82, 2.24) is 9.21 Å². The van der Waals surface area contributed by atoms with E-state index in [1.165, 1.54) is 4.31 Å². The summed E-state index contributed by atoms with van der Waals surface area (Å²) in [5.41, 5.74) is 0. The van der Waals surface area contributed by atoms with Crippen molar-refractivity contribution < 1.29 is 23.1 Å². The molecular formula is C11H20N2O5S. The number of carbonyl (C=O) groups is 1. The van der Waals surface area contributed by atoms with E-state index in [4.69, 9.17) is 4.74 Å². The first-order chi connectivity index (χ1) is 8.95. The first kappa shape index (κ1) is 14.7. The molecule has 0 aliphatic carbocycles. The third-order valence-corrected chi connectivity index (χ3v) is 4.93. The Kier molecular flexibility index (Phi) is 4.44. The van der Waals surface area contributed by atoms with Gasteiger partial charge < -0.3 is 14.7 Å². The number of hydrogen-bond donors (Lipinski definition) is 1. The van der Waals surface area contributed by atoms with E-state index in [0.29, 0.717) is 39.1 Å². The number of morpholine rings is 1. The van der Waals surface area contributed by atoms with Crippen molar-refractivity contribution in [1.29, 1.82) is 0 Å². The Morgan fingerprint density at radius 2 is 2.16 bits per heavy atom. The molecule has 0 saturated carbocycles. The van der Waals surface area contributed by atoms with E-state index in [1.807, 2.05) is 0 Å². The van der Waals surface area contributed by atoms with Crippen LogP contribution in [0.4, 0.5) is 0 Å². The van der Waals surface area contributed by atoms with Crippen LogP contribution < -0.4 is 0 Å². The minimum atomic E-state index is -3.37. The molecule has 2 atom stereocenters. The zero-order chi connectivity index (χ0) is 14.0. The molecule has 2 aliphatic heterocycles. The van der Waals surface area contributed by atoms with Gasteiger partial charge in [0.2, 0.25) is 15.9 Å². The summed E-state index contributed by atoms with van der Waals surface area (Å²) in [4.78, 5) is 14.0. The molecular weight excluding hydrogens is 272 g/mol. The minimum absolute atomic E-state index is 0.169. The van der Waals surface area contributed by atoms with E-state index in [9.17, 15) is 18.3 Å². The molecule has 8 heteroatoms. The van der Waals surface area contributed by atoms with Crippen LogP contribution in [0, 0.1) is 0 Å². The van der Waals surface area contributed by atoms with E-state index in [0.717, 1.165) is 6.26 Å². The fourth-order valence-corrected chi connectivity index (χ4v) is 3.79. The highest BCUT2D eigenvalue weighted by Crippen LogP contribution is 2.23. The van der Waals surface area contributed by atoms with Gasteiger partial charge in [0.15, 0.2) is 0 Å². The van der Waals surface area contributed by atoms with Crippen molar-refractivity contribution in [2.45, 2.75) is 24.9 Å². The van der Waals surface area contributed by atoms with Gasteiger partial charge in [-0.05, 0) is 12.8 Å². The van der Waals surface area contributed by atoms with Crippen LogP contribution in [-0.4, -0.2) is 79.9 Å². The van der Waals surface area contributed by atoms with Crippen LogP contribution >= 0.6 is 0 Å². The number of sulfonamides is 1. The maximum Gasteiger partial charge on any atom is 0.241 e. The Bertz CT molecular complexity index is 438. The summed E-state index contributed by atoms with van der Waals surface area (Å²) in [6.07, 6.45) is 2.36. The van der Waals surface area contributed by atoms with E-state index in [2.05, 4.69) is 0 Å². The molecule has 2 rings (SSSR count). The van der Waals surface area contributed by atoms with Gasteiger partial charge in [-0.1, -0.05) is 0 Å². The van der Waals surface area contributed by atoms with Gasteiger partial charge in [0.05, 0.1) is 32.1 Å². The summed E-state index contributed by atoms with van der Waals surface area (Å²) < 4.78 is 29.8. The van der Waals surface area contributed by atoms with E-state index >= 15 is 0 Å². The molecule has 2 unspecified atom stereocenters. The fourth-order valence-electron chi connectivity index (χ4n) is 2.67. The summed E-state index contributed by atoms with van der Waals surface area (Å²) >= 11 is 0. The highest BCUT2D eigenvalue weighted by atomic mass is 32.2. The summed E-state index contributed by atoms with van der Waals surface area (Å²) in [5.74, 6) is -0.217. The monoisotopic (exact) mass is 292 g/mol. The first-order valence-electron chi connectivity index (χ1n) is 6.41. The van der Waals surface area contributed by atoms with Crippen LogP contribution in [0.25, 0.3) is 0 Å². The molecule has 0 spiro atoms. The Labute approximate surface area is 113 Å². The molecule has 2 aliphatic rings. The van der Waals surface area contributed by atoms with Crippen molar-refractivity contribution in [2.75, 3.05) is 39.2 Å². The Morgan fingerprint density at radius 3 is 2.79 bits per heavy atom. The third-order valence-electron chi connectivity index (χ3n) is 3.64. The van der Waals surface area contributed by atoms with Crippen LogP contribution in [0.2, 0.25) is 0 Å². The molecule has 0 aromatic heterocycles. The summed E-state index contributed by atoms with van der Waals surface area (Å²) in [7, 11) is -3.37. The average molecular weight is 292 g/mol. The standard InChI is InChI=1S/C11H20N2O5S/c1-19(16,17)13-4-2-3-10(13)11(15)12-5-6-18-8-9(12)7-14/h9-10,14H,2-8H2,1H3. The molecule has 7 nitrogen and oxygen atoms in total. The van der Waals surface area contributed by atoms with Gasteiger partial charge in [-0.25, -0.2) is 8.42 Å². The lowest BCUT2D eigenvalue weighted by Gasteiger charge is -2.37. The second-order valence-electron chi connectivity index (χ2n) is 4.97. The zero-order valence-electron chi connectivity index (χ0n) is 11.0. The van der Waals surface area contributed by atoms with Crippen molar-refractivity contribution in [3.8, 4) is 0 Å². The second kappa shape index (κ2) is 5.74. The van der Waals surface area contributed by atoms with Gasteiger partial charge in [0.1, 0.15) is 6.04 Å². The Hall–Kier alpha value is -0.700. The lowest BCUT2D eigenvalue weighted by Crippen LogP contribution is -2.56. The van der Waals surface area contributed by atoms with E-state index < -0.39 is 16.1 Å². The zero-order valence-corrected chi connectivity index (χ0v) is 11.8. The Balaban J connectivity index is 2.14. The number of aliphatic hydroxyl groups is 1.